The van der Waals surface area contributed by atoms with Crippen LogP contribution in [0.3, 0.4) is 0 Å². The molecule has 0 bridgehead atoms. The van der Waals surface area contributed by atoms with E-state index in [4.69, 9.17) is 21.4 Å². The highest BCUT2D eigenvalue weighted by molar-refractivity contribution is 6.33. The number of nitrogens with one attached hydrogen (secondary N) is 1. The van der Waals surface area contributed by atoms with Crippen LogP contribution in [-0.4, -0.2) is 30.2 Å². The molecule has 6 heteroatoms. The second-order valence-electron chi connectivity index (χ2n) is 3.49. The van der Waals surface area contributed by atoms with Gasteiger partial charge in [0.15, 0.2) is 0 Å². The predicted molar refractivity (Wildman–Crippen MR) is 68.2 cm³/mol. The molecule has 5 nitrogen and oxygen atoms in total. The van der Waals surface area contributed by atoms with Gasteiger partial charge in [-0.3, -0.25) is 4.79 Å². The molecule has 0 heterocycles. The van der Waals surface area contributed by atoms with Crippen LogP contribution < -0.4 is 5.32 Å². The molecule has 0 unspecified atom stereocenters. The zero-order valence-electron chi connectivity index (χ0n) is 9.90. The number of halogens is 1. The predicted octanol–water partition coefficient (Wildman–Crippen LogP) is 2.40. The Labute approximate surface area is 110 Å². The van der Waals surface area contributed by atoms with E-state index >= 15 is 0 Å². The summed E-state index contributed by atoms with van der Waals surface area (Å²) in [6.07, 6.45) is 0.242. The topological polar surface area (TPSA) is 75.6 Å². The van der Waals surface area contributed by atoms with Crippen LogP contribution in [0.4, 0.5) is 5.69 Å². The normalized spacial score (nSPS) is 10.1. The maximum atomic E-state index is 11.5. The van der Waals surface area contributed by atoms with Crippen molar-refractivity contribution in [1.29, 1.82) is 0 Å². The largest absolute Gasteiger partial charge is 0.478 e. The average Bonchev–Trinajstić information content (AvgIpc) is 2.28. The first-order valence-corrected chi connectivity index (χ1v) is 5.82. The number of ether oxygens (including phenoxy) is 1. The number of anilines is 1. The molecule has 1 aromatic carbocycles. The van der Waals surface area contributed by atoms with Gasteiger partial charge < -0.3 is 15.2 Å². The summed E-state index contributed by atoms with van der Waals surface area (Å²) in [5, 5.41) is 11.5. The minimum Gasteiger partial charge on any atom is -0.478 e. The van der Waals surface area contributed by atoms with Gasteiger partial charge in [-0.2, -0.15) is 0 Å². The summed E-state index contributed by atoms with van der Waals surface area (Å²) in [4.78, 5) is 22.2. The van der Waals surface area contributed by atoms with Gasteiger partial charge in [-0.1, -0.05) is 11.6 Å². The molecule has 0 aliphatic carbocycles. The van der Waals surface area contributed by atoms with Crippen LogP contribution in [0, 0.1) is 0 Å². The molecule has 1 aromatic rings. The van der Waals surface area contributed by atoms with E-state index in [0.29, 0.717) is 18.9 Å². The zero-order valence-corrected chi connectivity index (χ0v) is 10.7. The maximum Gasteiger partial charge on any atom is 0.337 e. The SMILES string of the molecule is CCOCCC(=O)Nc1ccc(C(=O)O)c(Cl)c1. The van der Waals surface area contributed by atoms with Crippen LogP contribution in [-0.2, 0) is 9.53 Å². The lowest BCUT2D eigenvalue weighted by molar-refractivity contribution is -0.117. The zero-order chi connectivity index (χ0) is 13.5. The number of amides is 1. The minimum atomic E-state index is -1.10. The molecule has 0 aliphatic rings. The van der Waals surface area contributed by atoms with E-state index in [1.807, 2.05) is 6.92 Å². The number of carboxylic acid groups (broad SMARTS) is 1. The molecule has 0 aliphatic heterocycles. The Hall–Kier alpha value is -1.59. The molecular formula is C12H14ClNO4. The fourth-order valence-corrected chi connectivity index (χ4v) is 1.56. The third-order valence-corrected chi connectivity index (χ3v) is 2.47. The van der Waals surface area contributed by atoms with Gasteiger partial charge in [0.1, 0.15) is 0 Å². The molecule has 18 heavy (non-hydrogen) atoms. The van der Waals surface area contributed by atoms with Gasteiger partial charge in [0.2, 0.25) is 5.91 Å². The fraction of sp³-hybridized carbons (Fsp3) is 0.333. The molecule has 0 fully saturated rings. The molecule has 0 saturated heterocycles. The first kappa shape index (κ1) is 14.5. The minimum absolute atomic E-state index is 0.00369. The highest BCUT2D eigenvalue weighted by Gasteiger charge is 2.10. The lowest BCUT2D eigenvalue weighted by Gasteiger charge is -2.07. The van der Waals surface area contributed by atoms with E-state index in [-0.39, 0.29) is 22.9 Å². The fourth-order valence-electron chi connectivity index (χ4n) is 1.30. The number of rotatable bonds is 6. The van der Waals surface area contributed by atoms with Crippen LogP contribution in [0.15, 0.2) is 18.2 Å². The molecule has 98 valence electrons. The van der Waals surface area contributed by atoms with Gasteiger partial charge in [-0.25, -0.2) is 4.79 Å². The van der Waals surface area contributed by atoms with Crippen molar-refractivity contribution in [2.75, 3.05) is 18.5 Å². The highest BCUT2D eigenvalue weighted by atomic mass is 35.5. The third kappa shape index (κ3) is 4.35. The molecule has 0 saturated carbocycles. The van der Waals surface area contributed by atoms with E-state index in [9.17, 15) is 9.59 Å². The monoisotopic (exact) mass is 271 g/mol. The van der Waals surface area contributed by atoms with Gasteiger partial charge >= 0.3 is 5.97 Å². The van der Waals surface area contributed by atoms with Crippen molar-refractivity contribution < 1.29 is 19.4 Å². The molecule has 0 spiro atoms. The van der Waals surface area contributed by atoms with Crippen molar-refractivity contribution >= 4 is 29.2 Å². The van der Waals surface area contributed by atoms with Crippen LogP contribution in [0.5, 0.6) is 0 Å². The van der Waals surface area contributed by atoms with Crippen LogP contribution >= 0.6 is 11.6 Å². The summed E-state index contributed by atoms with van der Waals surface area (Å²) >= 11 is 5.78. The summed E-state index contributed by atoms with van der Waals surface area (Å²) < 4.78 is 5.05. The third-order valence-electron chi connectivity index (χ3n) is 2.16. The molecule has 2 N–H and O–H groups in total. The second-order valence-corrected chi connectivity index (χ2v) is 3.90. The Balaban J connectivity index is 2.60. The number of hydrogen-bond acceptors (Lipinski definition) is 3. The summed E-state index contributed by atoms with van der Waals surface area (Å²) in [5.74, 6) is -1.31. The molecule has 0 radical (unpaired) electrons. The molecule has 1 rings (SSSR count). The number of benzene rings is 1. The molecule has 0 atom stereocenters. The average molecular weight is 272 g/mol. The molecule has 1 amide bonds. The maximum absolute atomic E-state index is 11.5. The van der Waals surface area contributed by atoms with Gasteiger partial charge in [0, 0.05) is 12.3 Å². The van der Waals surface area contributed by atoms with Crippen molar-refractivity contribution in [2.45, 2.75) is 13.3 Å². The highest BCUT2D eigenvalue weighted by Crippen LogP contribution is 2.21. The Bertz CT molecular complexity index is 448. The van der Waals surface area contributed by atoms with E-state index < -0.39 is 5.97 Å². The van der Waals surface area contributed by atoms with E-state index in [2.05, 4.69) is 5.32 Å². The molecule has 0 aromatic heterocycles. The quantitative estimate of drug-likeness (QED) is 0.779. The lowest BCUT2D eigenvalue weighted by atomic mass is 10.2. The number of carbonyl (C=O) groups excluding carboxylic acids is 1. The standard InChI is InChI=1S/C12H14ClNO4/c1-2-18-6-5-11(15)14-8-3-4-9(12(16)17)10(13)7-8/h3-4,7H,2,5-6H2,1H3,(H,14,15)(H,16,17). The lowest BCUT2D eigenvalue weighted by Crippen LogP contribution is -2.14. The summed E-state index contributed by atoms with van der Waals surface area (Å²) in [7, 11) is 0. The Kier molecular flexibility index (Phi) is 5.61. The summed E-state index contributed by atoms with van der Waals surface area (Å²) in [5.41, 5.74) is 0.468. The number of hydrogen-bond donors (Lipinski definition) is 2. The first-order valence-electron chi connectivity index (χ1n) is 5.45. The van der Waals surface area contributed by atoms with E-state index in [1.54, 1.807) is 0 Å². The van der Waals surface area contributed by atoms with Gasteiger partial charge in [-0.15, -0.1) is 0 Å². The van der Waals surface area contributed by atoms with Gasteiger partial charge in [0.05, 0.1) is 23.6 Å². The number of carboxylic acids is 1. The molecular weight excluding hydrogens is 258 g/mol. The Morgan fingerprint density at radius 1 is 1.44 bits per heavy atom. The van der Waals surface area contributed by atoms with Crippen LogP contribution in [0.25, 0.3) is 0 Å². The van der Waals surface area contributed by atoms with Crippen molar-refractivity contribution in [3.05, 3.63) is 28.8 Å². The van der Waals surface area contributed by atoms with E-state index in [1.165, 1.54) is 18.2 Å². The second kappa shape index (κ2) is 6.98. The summed E-state index contributed by atoms with van der Waals surface area (Å²) in [6.45, 7) is 2.76. The van der Waals surface area contributed by atoms with E-state index in [0.717, 1.165) is 0 Å². The number of aromatic carboxylic acids is 1. The van der Waals surface area contributed by atoms with Crippen molar-refractivity contribution in [2.24, 2.45) is 0 Å². The van der Waals surface area contributed by atoms with Gasteiger partial charge in [-0.05, 0) is 25.1 Å². The number of carbonyl (C=O) groups is 2. The first-order chi connectivity index (χ1) is 8.54. The smallest absolute Gasteiger partial charge is 0.337 e. The van der Waals surface area contributed by atoms with Crippen LogP contribution in [0.1, 0.15) is 23.7 Å². The van der Waals surface area contributed by atoms with Gasteiger partial charge in [0.25, 0.3) is 0 Å². The summed E-state index contributed by atoms with van der Waals surface area (Å²) in [6, 6.07) is 4.25. The Morgan fingerprint density at radius 2 is 2.17 bits per heavy atom. The van der Waals surface area contributed by atoms with Crippen LogP contribution in [0.2, 0.25) is 5.02 Å². The Morgan fingerprint density at radius 3 is 2.72 bits per heavy atom. The van der Waals surface area contributed by atoms with Crippen molar-refractivity contribution in [3.63, 3.8) is 0 Å². The van der Waals surface area contributed by atoms with Crippen molar-refractivity contribution in [1.82, 2.24) is 0 Å². The van der Waals surface area contributed by atoms with Crippen molar-refractivity contribution in [3.8, 4) is 0 Å².